The molecule has 1 aromatic heterocycles. The quantitative estimate of drug-likeness (QED) is 0.130. The Morgan fingerprint density at radius 3 is 1.65 bits per heavy atom. The van der Waals surface area contributed by atoms with Gasteiger partial charge in [0.1, 0.15) is 11.2 Å². The molecule has 0 fully saturated rings. The summed E-state index contributed by atoms with van der Waals surface area (Å²) in [6.45, 7) is 31.0. The molecule has 2 bridgehead atoms. The summed E-state index contributed by atoms with van der Waals surface area (Å²) in [4.78, 5) is 2.60. The highest BCUT2D eigenvalue weighted by Gasteiger charge is 2.43. The first-order valence-electron chi connectivity index (χ1n) is 26.9. The number of nitrogens with zero attached hydrogens (tertiary/aromatic N) is 1. The number of aryl methyl sites for hydroxylation is 1. The van der Waals surface area contributed by atoms with Gasteiger partial charge in [-0.15, -0.1) is 6.58 Å². The van der Waals surface area contributed by atoms with Gasteiger partial charge in [0, 0.05) is 33.9 Å². The van der Waals surface area contributed by atoms with Gasteiger partial charge in [0.05, 0.1) is 0 Å². The second-order valence-corrected chi connectivity index (χ2v) is 24.7. The van der Waals surface area contributed by atoms with Gasteiger partial charge in [-0.25, -0.2) is 0 Å². The number of rotatable bonds is 3. The van der Waals surface area contributed by atoms with E-state index >= 15 is 0 Å². The summed E-state index contributed by atoms with van der Waals surface area (Å²) in [5.41, 5.74) is 25.6. The first kappa shape index (κ1) is 46.9. The molecule has 2 aliphatic rings. The van der Waals surface area contributed by atoms with Gasteiger partial charge in [0.25, 0.3) is 0 Å². The van der Waals surface area contributed by atoms with E-state index in [4.69, 9.17) is 11.0 Å². The van der Waals surface area contributed by atoms with Crippen molar-refractivity contribution in [1.82, 2.24) is 0 Å². The highest BCUT2D eigenvalue weighted by molar-refractivity contribution is 7.03. The second-order valence-electron chi connectivity index (χ2n) is 24.7. The van der Waals surface area contributed by atoms with Crippen molar-refractivity contribution in [1.29, 1.82) is 0 Å². The number of hydrogen-bond acceptors (Lipinski definition) is 2. The molecule has 3 heteroatoms. The standard InChI is InChI=1S/C72H64BNO/c1-42-52-27-19-20-28-54(52)68(72(10,11)12)60-40-62-61(39-57(42)60)73-44(3)53-32-31-49(70(4,5)6)36-59(53)56-37-50(71(7,8)9)38-58(43(56)2)67-66-55-29-21-22-30-64(55)75-65(66)41-63(69(67)73)74(62)51-34-47(45-23-15-13-16-24-45)33-48(35-51)46-25-17-14-18-26-46/h13-41H,3H2,1-2,4-12H3. The Morgan fingerprint density at radius 1 is 0.427 bits per heavy atom. The van der Waals surface area contributed by atoms with Crippen LogP contribution in [0.3, 0.4) is 0 Å². The fourth-order valence-corrected chi connectivity index (χ4v) is 12.9. The topological polar surface area (TPSA) is 16.4 Å². The van der Waals surface area contributed by atoms with Crippen LogP contribution in [-0.4, -0.2) is 6.71 Å². The summed E-state index contributed by atoms with van der Waals surface area (Å²) in [5, 5.41) is 7.43. The van der Waals surface area contributed by atoms with Crippen molar-refractivity contribution < 1.29 is 4.42 Å². The summed E-state index contributed by atoms with van der Waals surface area (Å²) in [6.07, 6.45) is 0. The monoisotopic (exact) mass is 970 g/mol. The molecule has 0 saturated heterocycles. The molecule has 2 nitrogen and oxygen atoms in total. The van der Waals surface area contributed by atoms with Crippen molar-refractivity contribution >= 4 is 83.7 Å². The highest BCUT2D eigenvalue weighted by Crippen LogP contribution is 2.52. The van der Waals surface area contributed by atoms with E-state index in [9.17, 15) is 0 Å². The lowest BCUT2D eigenvalue weighted by molar-refractivity contribution is 0.589. The fraction of sp³-hybridized carbons (Fsp3) is 0.194. The fourth-order valence-electron chi connectivity index (χ4n) is 12.9. The molecule has 2 aliphatic heterocycles. The van der Waals surface area contributed by atoms with Crippen LogP contribution in [-0.2, 0) is 16.2 Å². The zero-order valence-electron chi connectivity index (χ0n) is 45.4. The van der Waals surface area contributed by atoms with E-state index in [2.05, 4.69) is 257 Å². The van der Waals surface area contributed by atoms with Gasteiger partial charge in [0.15, 0.2) is 0 Å². The van der Waals surface area contributed by atoms with Gasteiger partial charge in [-0.1, -0.05) is 207 Å². The van der Waals surface area contributed by atoms with Gasteiger partial charge < -0.3 is 9.32 Å². The Kier molecular flexibility index (Phi) is 10.4. The third-order valence-electron chi connectivity index (χ3n) is 16.8. The SMILES string of the molecule is C=C1B2c3cc4c(C)c5ccccc5c(C(C)(C)C)c4cc3N(c3cc(-c4ccccc4)cc(-c4ccccc4)c3)c3cc4oc5ccccc5c4c(c32)-c2cc(C(C)(C)C)cc(c2C)-c2cc(C(C)(C)C)ccc21. The van der Waals surface area contributed by atoms with Crippen LogP contribution >= 0.6 is 0 Å². The molecular weight excluding hydrogens is 906 g/mol. The molecular formula is C72H64BNO. The summed E-state index contributed by atoms with van der Waals surface area (Å²) in [6, 6.07) is 66.4. The van der Waals surface area contributed by atoms with Gasteiger partial charge in [-0.2, -0.15) is 0 Å². The van der Waals surface area contributed by atoms with Crippen LogP contribution in [0.5, 0.6) is 0 Å². The molecule has 3 heterocycles. The van der Waals surface area contributed by atoms with Crippen molar-refractivity contribution in [3.8, 4) is 44.5 Å². The number of hydrogen-bond donors (Lipinski definition) is 0. The van der Waals surface area contributed by atoms with Gasteiger partial charge >= 0.3 is 0 Å². The highest BCUT2D eigenvalue weighted by atomic mass is 16.3. The van der Waals surface area contributed by atoms with Crippen LogP contribution in [0.25, 0.3) is 93.5 Å². The summed E-state index contributed by atoms with van der Waals surface area (Å²) < 4.78 is 7.18. The summed E-state index contributed by atoms with van der Waals surface area (Å²) >= 11 is 0. The minimum atomic E-state index is -0.246. The number of furan rings is 1. The summed E-state index contributed by atoms with van der Waals surface area (Å²) in [5.74, 6) is 0. The maximum absolute atomic E-state index is 7.18. The molecule has 0 aliphatic carbocycles. The molecule has 0 atom stereocenters. The van der Waals surface area contributed by atoms with Crippen LogP contribution in [0.15, 0.2) is 187 Å². The Bertz CT molecular complexity index is 4150. The van der Waals surface area contributed by atoms with Crippen molar-refractivity contribution in [3.05, 3.63) is 216 Å². The molecule has 0 unspecified atom stereocenters. The van der Waals surface area contributed by atoms with E-state index in [0.29, 0.717) is 0 Å². The predicted molar refractivity (Wildman–Crippen MR) is 325 cm³/mol. The molecule has 0 amide bonds. The third-order valence-corrected chi connectivity index (χ3v) is 16.8. The average Bonchev–Trinajstić information content (AvgIpc) is 3.77. The van der Waals surface area contributed by atoms with E-state index in [1.54, 1.807) is 0 Å². The summed E-state index contributed by atoms with van der Waals surface area (Å²) in [7, 11) is 0. The first-order chi connectivity index (χ1) is 35.8. The molecule has 0 saturated carbocycles. The number of benzene rings is 10. The van der Waals surface area contributed by atoms with Gasteiger partial charge in [0.2, 0.25) is 6.71 Å². The van der Waals surface area contributed by atoms with Crippen LogP contribution < -0.4 is 15.8 Å². The van der Waals surface area contributed by atoms with E-state index in [1.165, 1.54) is 99.2 Å². The molecule has 366 valence electrons. The minimum Gasteiger partial charge on any atom is -0.456 e. The van der Waals surface area contributed by atoms with E-state index in [1.807, 2.05) is 0 Å². The van der Waals surface area contributed by atoms with E-state index in [0.717, 1.165) is 55.6 Å². The lowest BCUT2D eigenvalue weighted by Gasteiger charge is -2.40. The second kappa shape index (κ2) is 16.6. The van der Waals surface area contributed by atoms with Crippen LogP contribution in [0.2, 0.25) is 0 Å². The molecule has 10 aromatic carbocycles. The number of fused-ring (bicyclic) bond motifs is 13. The van der Waals surface area contributed by atoms with Crippen molar-refractivity contribution in [2.24, 2.45) is 0 Å². The molecule has 0 radical (unpaired) electrons. The minimum absolute atomic E-state index is 0.0695. The number of para-hydroxylation sites is 1. The molecule has 13 rings (SSSR count). The average molecular weight is 970 g/mol. The molecule has 75 heavy (non-hydrogen) atoms. The van der Waals surface area contributed by atoms with Crippen LogP contribution in [0, 0.1) is 13.8 Å². The smallest absolute Gasteiger partial charge is 0.247 e. The van der Waals surface area contributed by atoms with Gasteiger partial charge in [-0.3, -0.25) is 0 Å². The Balaban J connectivity index is 1.27. The number of anilines is 3. The maximum atomic E-state index is 7.18. The van der Waals surface area contributed by atoms with Crippen LogP contribution in [0.4, 0.5) is 17.1 Å². The largest absolute Gasteiger partial charge is 0.456 e. The molecule has 0 N–H and O–H groups in total. The lowest BCUT2D eigenvalue weighted by atomic mass is 9.33. The Morgan fingerprint density at radius 2 is 1.01 bits per heavy atom. The Hall–Kier alpha value is -7.88. The normalized spacial score (nSPS) is 13.5. The molecule has 11 aromatic rings. The first-order valence-corrected chi connectivity index (χ1v) is 26.9. The third kappa shape index (κ3) is 7.29. The van der Waals surface area contributed by atoms with Crippen molar-refractivity contribution in [2.75, 3.05) is 4.90 Å². The Labute approximate surface area is 443 Å². The van der Waals surface area contributed by atoms with Crippen molar-refractivity contribution in [3.63, 3.8) is 0 Å². The maximum Gasteiger partial charge on any atom is 0.247 e. The molecule has 0 spiro atoms. The van der Waals surface area contributed by atoms with E-state index in [-0.39, 0.29) is 23.0 Å². The van der Waals surface area contributed by atoms with Gasteiger partial charge in [-0.05, 0) is 171 Å². The zero-order valence-corrected chi connectivity index (χ0v) is 45.4. The van der Waals surface area contributed by atoms with Crippen molar-refractivity contribution in [2.45, 2.75) is 92.4 Å². The van der Waals surface area contributed by atoms with E-state index < -0.39 is 0 Å². The van der Waals surface area contributed by atoms with Crippen LogP contribution in [0.1, 0.15) is 95.7 Å². The zero-order chi connectivity index (χ0) is 52.0. The lowest BCUT2D eigenvalue weighted by Crippen LogP contribution is -2.51. The predicted octanol–water partition coefficient (Wildman–Crippen LogP) is 19.0.